The van der Waals surface area contributed by atoms with E-state index in [9.17, 15) is 19.5 Å². The van der Waals surface area contributed by atoms with E-state index in [1.807, 2.05) is 6.07 Å². The van der Waals surface area contributed by atoms with Gasteiger partial charge in [-0.3, -0.25) is 9.59 Å². The lowest BCUT2D eigenvalue weighted by Gasteiger charge is -2.15. The van der Waals surface area contributed by atoms with E-state index >= 15 is 0 Å². The number of carbonyl (C=O) groups excluding carboxylic acids is 2. The molecular weight excluding hydrogens is 308 g/mol. The van der Waals surface area contributed by atoms with Gasteiger partial charge in [-0.1, -0.05) is 48.5 Å². The number of amides is 2. The number of carboxylic acids is 1. The van der Waals surface area contributed by atoms with Crippen LogP contribution < -0.4 is 10.6 Å². The summed E-state index contributed by atoms with van der Waals surface area (Å²) < 4.78 is 0. The second kappa shape index (κ2) is 8.47. The highest BCUT2D eigenvalue weighted by Crippen LogP contribution is 2.03. The van der Waals surface area contributed by atoms with Gasteiger partial charge in [0.25, 0.3) is 5.91 Å². The zero-order chi connectivity index (χ0) is 17.4. The summed E-state index contributed by atoms with van der Waals surface area (Å²) in [4.78, 5) is 35.0. The number of aliphatic carboxylic acids is 1. The van der Waals surface area contributed by atoms with Crippen molar-refractivity contribution in [2.45, 2.75) is 12.5 Å². The molecule has 0 aliphatic rings. The fourth-order valence-electron chi connectivity index (χ4n) is 2.15. The molecule has 24 heavy (non-hydrogen) atoms. The molecule has 2 amide bonds. The van der Waals surface area contributed by atoms with Crippen molar-refractivity contribution in [2.24, 2.45) is 0 Å². The molecule has 0 aliphatic heterocycles. The quantitative estimate of drug-likeness (QED) is 0.713. The summed E-state index contributed by atoms with van der Waals surface area (Å²) in [5.74, 6) is -2.06. The first kappa shape index (κ1) is 17.2. The van der Waals surface area contributed by atoms with Crippen LogP contribution in [-0.4, -0.2) is 35.5 Å². The van der Waals surface area contributed by atoms with Gasteiger partial charge in [0.2, 0.25) is 5.91 Å². The minimum atomic E-state index is -1.12. The van der Waals surface area contributed by atoms with Crippen LogP contribution in [0.4, 0.5) is 0 Å². The molecule has 0 saturated carbocycles. The van der Waals surface area contributed by atoms with E-state index in [1.165, 1.54) is 0 Å². The Morgan fingerprint density at radius 3 is 2.08 bits per heavy atom. The summed E-state index contributed by atoms with van der Waals surface area (Å²) in [5.41, 5.74) is 1.24. The van der Waals surface area contributed by atoms with Crippen LogP contribution >= 0.6 is 0 Å². The molecular formula is C18H18N2O4. The third kappa shape index (κ3) is 5.24. The first-order chi connectivity index (χ1) is 11.6. The second-order valence-corrected chi connectivity index (χ2v) is 5.20. The maximum Gasteiger partial charge on any atom is 0.326 e. The highest BCUT2D eigenvalue weighted by Gasteiger charge is 2.20. The highest BCUT2D eigenvalue weighted by atomic mass is 16.4. The number of carboxylic acid groups (broad SMARTS) is 1. The van der Waals surface area contributed by atoms with E-state index in [0.29, 0.717) is 5.56 Å². The number of carbonyl (C=O) groups is 3. The van der Waals surface area contributed by atoms with Crippen molar-refractivity contribution in [3.63, 3.8) is 0 Å². The topological polar surface area (TPSA) is 95.5 Å². The van der Waals surface area contributed by atoms with Crippen LogP contribution in [0.3, 0.4) is 0 Å². The van der Waals surface area contributed by atoms with Crippen LogP contribution in [0.2, 0.25) is 0 Å². The number of benzene rings is 2. The molecule has 0 saturated heterocycles. The monoisotopic (exact) mass is 326 g/mol. The molecule has 2 rings (SSSR count). The van der Waals surface area contributed by atoms with Gasteiger partial charge in [0.15, 0.2) is 0 Å². The van der Waals surface area contributed by atoms with Crippen LogP contribution in [0.1, 0.15) is 15.9 Å². The molecule has 2 aromatic carbocycles. The van der Waals surface area contributed by atoms with Gasteiger partial charge < -0.3 is 15.7 Å². The van der Waals surface area contributed by atoms with Crippen molar-refractivity contribution in [1.82, 2.24) is 10.6 Å². The molecule has 2 aromatic rings. The van der Waals surface area contributed by atoms with Gasteiger partial charge in [0, 0.05) is 12.0 Å². The van der Waals surface area contributed by atoms with E-state index in [-0.39, 0.29) is 18.9 Å². The summed E-state index contributed by atoms with van der Waals surface area (Å²) in [7, 11) is 0. The number of hydrogen-bond acceptors (Lipinski definition) is 3. The number of rotatable bonds is 7. The van der Waals surface area contributed by atoms with E-state index in [1.54, 1.807) is 54.6 Å². The average Bonchev–Trinajstić information content (AvgIpc) is 2.60. The van der Waals surface area contributed by atoms with Crippen molar-refractivity contribution < 1.29 is 19.5 Å². The molecule has 0 unspecified atom stereocenters. The Morgan fingerprint density at radius 2 is 1.50 bits per heavy atom. The molecule has 3 N–H and O–H groups in total. The van der Waals surface area contributed by atoms with E-state index < -0.39 is 17.9 Å². The van der Waals surface area contributed by atoms with Crippen LogP contribution in [-0.2, 0) is 16.0 Å². The third-order valence-electron chi connectivity index (χ3n) is 3.36. The molecule has 124 valence electrons. The molecule has 6 heteroatoms. The predicted octanol–water partition coefficient (Wildman–Crippen LogP) is 1.23. The highest BCUT2D eigenvalue weighted by molar-refractivity contribution is 5.96. The summed E-state index contributed by atoms with van der Waals surface area (Å²) in [5, 5.41) is 14.1. The summed E-state index contributed by atoms with van der Waals surface area (Å²) in [6.07, 6.45) is 0.175. The van der Waals surface area contributed by atoms with Gasteiger partial charge in [-0.25, -0.2) is 4.79 Å². The Morgan fingerprint density at radius 1 is 0.917 bits per heavy atom. The molecule has 0 heterocycles. The SMILES string of the molecule is O=C(CNC(=O)c1ccccc1)N[C@@H](Cc1ccccc1)C(=O)O. The number of nitrogens with one attached hydrogen (secondary N) is 2. The average molecular weight is 326 g/mol. The van der Waals surface area contributed by atoms with Gasteiger partial charge in [0.1, 0.15) is 6.04 Å². The smallest absolute Gasteiger partial charge is 0.326 e. The Labute approximate surface area is 139 Å². The van der Waals surface area contributed by atoms with Gasteiger partial charge in [-0.15, -0.1) is 0 Å². The maximum absolute atomic E-state index is 11.9. The van der Waals surface area contributed by atoms with Gasteiger partial charge in [-0.05, 0) is 17.7 Å². The van der Waals surface area contributed by atoms with Crippen molar-refractivity contribution in [3.05, 3.63) is 71.8 Å². The van der Waals surface area contributed by atoms with E-state index in [2.05, 4.69) is 10.6 Å². The van der Waals surface area contributed by atoms with Crippen LogP contribution in [0.15, 0.2) is 60.7 Å². The molecule has 1 atom stereocenters. The molecule has 0 radical (unpaired) electrons. The van der Waals surface area contributed by atoms with Crippen LogP contribution in [0.5, 0.6) is 0 Å². The Kier molecular flexibility index (Phi) is 6.08. The molecule has 6 nitrogen and oxygen atoms in total. The Bertz CT molecular complexity index is 701. The zero-order valence-electron chi connectivity index (χ0n) is 12.9. The first-order valence-electron chi connectivity index (χ1n) is 7.45. The van der Waals surface area contributed by atoms with Gasteiger partial charge in [0.05, 0.1) is 6.54 Å². The lowest BCUT2D eigenvalue weighted by Crippen LogP contribution is -2.46. The molecule has 0 spiro atoms. The minimum absolute atomic E-state index is 0.175. The number of hydrogen-bond donors (Lipinski definition) is 3. The molecule has 0 fully saturated rings. The fourth-order valence-corrected chi connectivity index (χ4v) is 2.15. The van der Waals surface area contributed by atoms with Crippen molar-refractivity contribution >= 4 is 17.8 Å². The predicted molar refractivity (Wildman–Crippen MR) is 88.5 cm³/mol. The van der Waals surface area contributed by atoms with Crippen molar-refractivity contribution in [2.75, 3.05) is 6.54 Å². The Balaban J connectivity index is 1.87. The van der Waals surface area contributed by atoms with Gasteiger partial charge in [-0.2, -0.15) is 0 Å². The zero-order valence-corrected chi connectivity index (χ0v) is 12.9. The minimum Gasteiger partial charge on any atom is -0.480 e. The van der Waals surface area contributed by atoms with Gasteiger partial charge >= 0.3 is 5.97 Å². The standard InChI is InChI=1S/C18H18N2O4/c21-16(12-19-17(22)14-9-5-2-6-10-14)20-15(18(23)24)11-13-7-3-1-4-8-13/h1-10,15H,11-12H2,(H,19,22)(H,20,21)(H,23,24)/t15-/m0/s1. The first-order valence-corrected chi connectivity index (χ1v) is 7.45. The Hall–Kier alpha value is -3.15. The van der Waals surface area contributed by atoms with Crippen LogP contribution in [0, 0.1) is 0 Å². The summed E-state index contributed by atoms with van der Waals surface area (Å²) >= 11 is 0. The van der Waals surface area contributed by atoms with E-state index in [0.717, 1.165) is 5.56 Å². The molecule has 0 bridgehead atoms. The summed E-state index contributed by atoms with van der Waals surface area (Å²) in [6, 6.07) is 16.4. The maximum atomic E-state index is 11.9. The molecule has 0 aromatic heterocycles. The van der Waals surface area contributed by atoms with E-state index in [4.69, 9.17) is 0 Å². The third-order valence-corrected chi connectivity index (χ3v) is 3.36. The van der Waals surface area contributed by atoms with Crippen LogP contribution in [0.25, 0.3) is 0 Å². The fraction of sp³-hybridized carbons (Fsp3) is 0.167. The normalized spacial score (nSPS) is 11.3. The van der Waals surface area contributed by atoms with Crippen molar-refractivity contribution in [3.8, 4) is 0 Å². The largest absolute Gasteiger partial charge is 0.480 e. The second-order valence-electron chi connectivity index (χ2n) is 5.20. The lowest BCUT2D eigenvalue weighted by molar-refractivity contribution is -0.141. The van der Waals surface area contributed by atoms with Crippen molar-refractivity contribution in [1.29, 1.82) is 0 Å². The molecule has 0 aliphatic carbocycles. The summed E-state index contributed by atoms with van der Waals surface area (Å²) in [6.45, 7) is -0.285. The lowest BCUT2D eigenvalue weighted by atomic mass is 10.1.